The van der Waals surface area contributed by atoms with Crippen molar-refractivity contribution < 1.29 is 17.5 Å². The molecule has 2 rings (SSSR count). The van der Waals surface area contributed by atoms with E-state index in [0.29, 0.717) is 21.3 Å². The van der Waals surface area contributed by atoms with Crippen molar-refractivity contribution in [1.82, 2.24) is 0 Å². The van der Waals surface area contributed by atoms with Gasteiger partial charge in [0.05, 0.1) is 4.90 Å². The Morgan fingerprint density at radius 2 is 1.95 bits per heavy atom. The van der Waals surface area contributed by atoms with Gasteiger partial charge in [0.1, 0.15) is 18.2 Å². The quantitative estimate of drug-likeness (QED) is 0.894. The molecular formula is C14H13BrFNO3S. The van der Waals surface area contributed by atoms with Crippen LogP contribution in [0.4, 0.5) is 4.39 Å². The summed E-state index contributed by atoms with van der Waals surface area (Å²) in [6, 6.07) is 8.95. The van der Waals surface area contributed by atoms with Gasteiger partial charge >= 0.3 is 0 Å². The molecule has 112 valence electrons. The zero-order valence-electron chi connectivity index (χ0n) is 11.1. The summed E-state index contributed by atoms with van der Waals surface area (Å²) < 4.78 is 42.0. The molecule has 0 aliphatic rings. The number of aryl methyl sites for hydroxylation is 1. The molecule has 2 aromatic carbocycles. The van der Waals surface area contributed by atoms with Gasteiger partial charge in [-0.25, -0.2) is 17.9 Å². The molecule has 0 saturated heterocycles. The number of nitrogens with two attached hydrogens (primary N) is 1. The average Bonchev–Trinajstić information content (AvgIpc) is 2.33. The van der Waals surface area contributed by atoms with Crippen molar-refractivity contribution >= 4 is 26.0 Å². The normalized spacial score (nSPS) is 11.4. The van der Waals surface area contributed by atoms with Crippen LogP contribution >= 0.6 is 15.9 Å². The third-order valence-electron chi connectivity index (χ3n) is 2.78. The Balaban J connectivity index is 2.16. The Kier molecular flexibility index (Phi) is 4.65. The highest BCUT2D eigenvalue weighted by molar-refractivity contribution is 9.10. The lowest BCUT2D eigenvalue weighted by Gasteiger charge is -2.09. The van der Waals surface area contributed by atoms with Crippen LogP contribution in [0.5, 0.6) is 5.75 Å². The van der Waals surface area contributed by atoms with E-state index in [4.69, 9.17) is 9.88 Å². The van der Waals surface area contributed by atoms with Crippen molar-refractivity contribution in [3.05, 3.63) is 57.8 Å². The van der Waals surface area contributed by atoms with Crippen LogP contribution in [0.25, 0.3) is 0 Å². The van der Waals surface area contributed by atoms with Crippen LogP contribution in [0.3, 0.4) is 0 Å². The summed E-state index contributed by atoms with van der Waals surface area (Å²) in [5, 5.41) is 5.09. The molecule has 0 aromatic heterocycles. The minimum atomic E-state index is -3.74. The first-order valence-electron chi connectivity index (χ1n) is 5.97. The maximum Gasteiger partial charge on any atom is 0.238 e. The Morgan fingerprint density at radius 3 is 2.52 bits per heavy atom. The molecule has 21 heavy (non-hydrogen) atoms. The minimum Gasteiger partial charge on any atom is -0.489 e. The summed E-state index contributed by atoms with van der Waals surface area (Å²) >= 11 is 3.21. The van der Waals surface area contributed by atoms with E-state index in [9.17, 15) is 12.8 Å². The topological polar surface area (TPSA) is 69.4 Å². The maximum atomic E-state index is 13.2. The Morgan fingerprint density at radius 1 is 1.24 bits per heavy atom. The lowest BCUT2D eigenvalue weighted by atomic mass is 10.2. The van der Waals surface area contributed by atoms with Crippen LogP contribution in [-0.2, 0) is 16.6 Å². The van der Waals surface area contributed by atoms with Crippen molar-refractivity contribution in [2.24, 2.45) is 5.14 Å². The fourth-order valence-electron chi connectivity index (χ4n) is 1.89. The van der Waals surface area contributed by atoms with E-state index in [0.717, 1.165) is 0 Å². The number of hydrogen-bond donors (Lipinski definition) is 1. The summed E-state index contributed by atoms with van der Waals surface area (Å²) in [4.78, 5) is 0.0587. The third-order valence-corrected chi connectivity index (χ3v) is 4.31. The van der Waals surface area contributed by atoms with Gasteiger partial charge < -0.3 is 4.74 Å². The van der Waals surface area contributed by atoms with Gasteiger partial charge in [-0.3, -0.25) is 0 Å². The molecule has 0 fully saturated rings. The van der Waals surface area contributed by atoms with Gasteiger partial charge in [-0.2, -0.15) is 0 Å². The van der Waals surface area contributed by atoms with Crippen molar-refractivity contribution in [3.63, 3.8) is 0 Å². The summed E-state index contributed by atoms with van der Waals surface area (Å²) in [5.74, 6) is 0.129. The van der Waals surface area contributed by atoms with Gasteiger partial charge in [-0.05, 0) is 54.4 Å². The highest BCUT2D eigenvalue weighted by Gasteiger charge is 2.12. The molecule has 0 saturated carbocycles. The molecule has 7 heteroatoms. The number of sulfonamides is 1. The molecule has 0 unspecified atom stereocenters. The molecule has 0 atom stereocenters. The summed E-state index contributed by atoms with van der Waals surface area (Å²) in [6.45, 7) is 1.80. The smallest absolute Gasteiger partial charge is 0.238 e. The molecule has 2 N–H and O–H groups in total. The van der Waals surface area contributed by atoms with Gasteiger partial charge in [-0.1, -0.05) is 15.9 Å². The Hall–Kier alpha value is -1.44. The Labute approximate surface area is 130 Å². The van der Waals surface area contributed by atoms with Crippen molar-refractivity contribution in [2.45, 2.75) is 18.4 Å². The monoisotopic (exact) mass is 373 g/mol. The fourth-order valence-corrected chi connectivity index (χ4v) is 3.17. The summed E-state index contributed by atoms with van der Waals surface area (Å²) in [5.41, 5.74) is 1.16. The van der Waals surface area contributed by atoms with Crippen LogP contribution in [0, 0.1) is 12.7 Å². The number of benzene rings is 2. The molecule has 0 bridgehead atoms. The van der Waals surface area contributed by atoms with Crippen molar-refractivity contribution in [3.8, 4) is 5.75 Å². The molecule has 0 aliphatic heterocycles. The first-order chi connectivity index (χ1) is 9.75. The molecule has 2 aromatic rings. The zero-order chi connectivity index (χ0) is 15.6. The van der Waals surface area contributed by atoms with E-state index >= 15 is 0 Å². The number of ether oxygens (including phenoxy) is 1. The number of halogens is 2. The summed E-state index contributed by atoms with van der Waals surface area (Å²) in [6.07, 6.45) is 0. The third kappa shape index (κ3) is 4.26. The number of primary sulfonamides is 1. The van der Waals surface area contributed by atoms with Crippen LogP contribution in [0.1, 0.15) is 11.1 Å². The van der Waals surface area contributed by atoms with Crippen LogP contribution < -0.4 is 9.88 Å². The highest BCUT2D eigenvalue weighted by atomic mass is 79.9. The van der Waals surface area contributed by atoms with E-state index in [1.54, 1.807) is 19.1 Å². The average molecular weight is 374 g/mol. The van der Waals surface area contributed by atoms with Gasteiger partial charge in [-0.15, -0.1) is 0 Å². The zero-order valence-corrected chi connectivity index (χ0v) is 13.5. The van der Waals surface area contributed by atoms with Gasteiger partial charge in [0.15, 0.2) is 0 Å². The van der Waals surface area contributed by atoms with Gasteiger partial charge in [0.25, 0.3) is 0 Å². The first kappa shape index (κ1) is 15.9. The van der Waals surface area contributed by atoms with Crippen LogP contribution in [0.15, 0.2) is 45.8 Å². The molecule has 0 spiro atoms. The lowest BCUT2D eigenvalue weighted by molar-refractivity contribution is 0.305. The number of rotatable bonds is 4. The van der Waals surface area contributed by atoms with E-state index < -0.39 is 10.0 Å². The minimum absolute atomic E-state index is 0.0587. The molecule has 0 aliphatic carbocycles. The van der Waals surface area contributed by atoms with Crippen molar-refractivity contribution in [1.29, 1.82) is 0 Å². The van der Waals surface area contributed by atoms with E-state index in [1.807, 2.05) is 0 Å². The van der Waals surface area contributed by atoms with Crippen LogP contribution in [0.2, 0.25) is 0 Å². The van der Waals surface area contributed by atoms with Crippen LogP contribution in [-0.4, -0.2) is 8.42 Å². The Bertz CT molecular complexity index is 758. The second-order valence-corrected chi connectivity index (χ2v) is 6.98. The first-order valence-corrected chi connectivity index (χ1v) is 8.31. The predicted molar refractivity (Wildman–Crippen MR) is 81.0 cm³/mol. The molecular weight excluding hydrogens is 361 g/mol. The summed E-state index contributed by atoms with van der Waals surface area (Å²) in [7, 11) is -3.74. The highest BCUT2D eigenvalue weighted by Crippen LogP contribution is 2.22. The fraction of sp³-hybridized carbons (Fsp3) is 0.143. The van der Waals surface area contributed by atoms with Crippen molar-refractivity contribution in [2.75, 3.05) is 0 Å². The molecule has 0 heterocycles. The second kappa shape index (κ2) is 6.13. The van der Waals surface area contributed by atoms with E-state index in [1.165, 1.54) is 24.3 Å². The van der Waals surface area contributed by atoms with Gasteiger partial charge in [0.2, 0.25) is 10.0 Å². The largest absolute Gasteiger partial charge is 0.489 e. The van der Waals surface area contributed by atoms with E-state index in [2.05, 4.69) is 15.9 Å². The SMILES string of the molecule is Cc1cc(OCc2cc(F)cc(Br)c2)ccc1S(N)(=O)=O. The molecule has 0 amide bonds. The number of hydrogen-bond acceptors (Lipinski definition) is 3. The van der Waals surface area contributed by atoms with E-state index in [-0.39, 0.29) is 17.3 Å². The van der Waals surface area contributed by atoms with Gasteiger partial charge in [0, 0.05) is 4.47 Å². The standard InChI is InChI=1S/C14H13BrFNO3S/c1-9-4-13(2-3-14(9)21(17,18)19)20-8-10-5-11(15)7-12(16)6-10/h2-7H,8H2,1H3,(H2,17,18,19). The molecule has 0 radical (unpaired) electrons. The lowest BCUT2D eigenvalue weighted by Crippen LogP contribution is -2.13. The molecule has 4 nitrogen and oxygen atoms in total. The predicted octanol–water partition coefficient (Wildman–Crippen LogP) is 3.12. The maximum absolute atomic E-state index is 13.2. The second-order valence-electron chi connectivity index (χ2n) is 4.54.